The molecule has 32 heavy (non-hydrogen) atoms. The van der Waals surface area contributed by atoms with Crippen LogP contribution in [0.1, 0.15) is 25.5 Å². The van der Waals surface area contributed by atoms with Crippen molar-refractivity contribution in [2.24, 2.45) is 0 Å². The number of hydrogen-bond donors (Lipinski definition) is 1. The summed E-state index contributed by atoms with van der Waals surface area (Å²) in [6.45, 7) is 3.75. The molecule has 0 aliphatic carbocycles. The first-order valence-corrected chi connectivity index (χ1v) is 10.1. The summed E-state index contributed by atoms with van der Waals surface area (Å²) in [5.41, 5.74) is 2.26. The van der Waals surface area contributed by atoms with E-state index in [1.807, 2.05) is 12.1 Å². The van der Waals surface area contributed by atoms with E-state index in [-0.39, 0.29) is 12.4 Å². The molecule has 0 radical (unpaired) electrons. The number of anilines is 1. The van der Waals surface area contributed by atoms with Crippen molar-refractivity contribution in [2.75, 3.05) is 26.1 Å². The average Bonchev–Trinajstić information content (AvgIpc) is 3.21. The van der Waals surface area contributed by atoms with E-state index in [0.717, 1.165) is 0 Å². The van der Waals surface area contributed by atoms with Gasteiger partial charge in [-0.05, 0) is 44.2 Å². The van der Waals surface area contributed by atoms with Crippen LogP contribution in [0.2, 0.25) is 0 Å². The largest absolute Gasteiger partial charge is 0.493 e. The Labute approximate surface area is 184 Å². The van der Waals surface area contributed by atoms with E-state index in [4.69, 9.17) is 14.2 Å². The van der Waals surface area contributed by atoms with E-state index in [1.165, 1.54) is 19.2 Å². The second kappa shape index (κ2) is 8.70. The number of ether oxygens (including phenoxy) is 3. The maximum atomic E-state index is 13.4. The highest BCUT2D eigenvalue weighted by Gasteiger charge is 2.37. The molecule has 3 aromatic rings. The highest BCUT2D eigenvalue weighted by atomic mass is 19.1. The van der Waals surface area contributed by atoms with Crippen LogP contribution >= 0.6 is 0 Å². The number of fused-ring (bicyclic) bond motifs is 1. The number of hydrogen-bond acceptors (Lipinski definition) is 7. The Morgan fingerprint density at radius 3 is 2.56 bits per heavy atom. The van der Waals surface area contributed by atoms with Crippen molar-refractivity contribution in [1.29, 1.82) is 0 Å². The van der Waals surface area contributed by atoms with Crippen molar-refractivity contribution in [3.63, 3.8) is 0 Å². The summed E-state index contributed by atoms with van der Waals surface area (Å²) in [6.07, 6.45) is 0. The van der Waals surface area contributed by atoms with E-state index in [0.29, 0.717) is 45.7 Å². The molecule has 0 fully saturated rings. The summed E-state index contributed by atoms with van der Waals surface area (Å²) in [6, 6.07) is 10.6. The minimum atomic E-state index is -0.683. The van der Waals surface area contributed by atoms with Gasteiger partial charge in [-0.15, -0.1) is 5.10 Å². The summed E-state index contributed by atoms with van der Waals surface area (Å²) in [7, 11) is 3.08. The molecule has 1 aliphatic rings. The standard InChI is InChI=1S/C23H23FN4O4/c1-5-32-22(29)18-13(2)25-23-26-21(14-9-11-15(24)12-10-14)27-28(23)19(18)16-7-6-8-17(30-3)20(16)31-4/h6-12,19H,5H2,1-4H3,(H,25,26,27). The lowest BCUT2D eigenvalue weighted by atomic mass is 9.94. The minimum Gasteiger partial charge on any atom is -0.493 e. The zero-order chi connectivity index (χ0) is 22.8. The van der Waals surface area contributed by atoms with Gasteiger partial charge < -0.3 is 19.5 Å². The fraction of sp³-hybridized carbons (Fsp3) is 0.261. The van der Waals surface area contributed by atoms with Crippen LogP contribution in [0.5, 0.6) is 11.5 Å². The molecule has 0 amide bonds. The van der Waals surface area contributed by atoms with Crippen LogP contribution < -0.4 is 14.8 Å². The third-order valence-electron chi connectivity index (χ3n) is 5.18. The molecular weight excluding hydrogens is 415 g/mol. The summed E-state index contributed by atoms with van der Waals surface area (Å²) < 4.78 is 31.4. The zero-order valence-corrected chi connectivity index (χ0v) is 18.2. The highest BCUT2D eigenvalue weighted by Crippen LogP contribution is 2.43. The lowest BCUT2D eigenvalue weighted by Gasteiger charge is -2.29. The van der Waals surface area contributed by atoms with Crippen LogP contribution in [0.25, 0.3) is 11.4 Å². The van der Waals surface area contributed by atoms with Crippen molar-refractivity contribution in [3.8, 4) is 22.9 Å². The van der Waals surface area contributed by atoms with Crippen molar-refractivity contribution in [2.45, 2.75) is 19.9 Å². The number of halogens is 1. The van der Waals surface area contributed by atoms with E-state index in [9.17, 15) is 9.18 Å². The molecule has 4 rings (SSSR count). The number of allylic oxidation sites excluding steroid dienone is 1. The molecule has 2 heterocycles. The van der Waals surface area contributed by atoms with E-state index in [2.05, 4.69) is 15.4 Å². The Bertz CT molecular complexity index is 1190. The van der Waals surface area contributed by atoms with Gasteiger partial charge in [-0.25, -0.2) is 13.9 Å². The maximum Gasteiger partial charge on any atom is 0.338 e. The van der Waals surface area contributed by atoms with Crippen LogP contribution in [-0.2, 0) is 9.53 Å². The summed E-state index contributed by atoms with van der Waals surface area (Å²) in [5, 5.41) is 7.79. The predicted octanol–water partition coefficient (Wildman–Crippen LogP) is 3.95. The maximum absolute atomic E-state index is 13.4. The molecule has 1 aliphatic heterocycles. The van der Waals surface area contributed by atoms with Crippen LogP contribution in [0, 0.1) is 5.82 Å². The number of methoxy groups -OCH3 is 2. The Kier molecular flexibility index (Phi) is 5.81. The number of nitrogens with one attached hydrogen (secondary N) is 1. The number of aromatic nitrogens is 3. The molecule has 0 bridgehead atoms. The van der Waals surface area contributed by atoms with Gasteiger partial charge in [0.2, 0.25) is 5.95 Å². The molecule has 1 N–H and O–H groups in total. The van der Waals surface area contributed by atoms with Gasteiger partial charge in [0.05, 0.1) is 26.4 Å². The Balaban J connectivity index is 1.92. The van der Waals surface area contributed by atoms with Crippen LogP contribution in [0.15, 0.2) is 53.7 Å². The van der Waals surface area contributed by atoms with Gasteiger partial charge in [-0.2, -0.15) is 4.98 Å². The Morgan fingerprint density at radius 1 is 1.16 bits per heavy atom. The van der Waals surface area contributed by atoms with Gasteiger partial charge >= 0.3 is 5.97 Å². The first-order valence-electron chi connectivity index (χ1n) is 10.1. The lowest BCUT2D eigenvalue weighted by molar-refractivity contribution is -0.139. The average molecular weight is 438 g/mol. The normalized spacial score (nSPS) is 15.1. The van der Waals surface area contributed by atoms with Crippen molar-refractivity contribution < 1.29 is 23.4 Å². The molecule has 1 atom stereocenters. The predicted molar refractivity (Wildman–Crippen MR) is 116 cm³/mol. The molecule has 1 unspecified atom stereocenters. The fourth-order valence-electron chi connectivity index (χ4n) is 3.76. The molecule has 166 valence electrons. The molecular formula is C23H23FN4O4. The second-order valence-electron chi connectivity index (χ2n) is 7.08. The van der Waals surface area contributed by atoms with Gasteiger partial charge in [0.1, 0.15) is 11.9 Å². The molecule has 0 spiro atoms. The first kappa shape index (κ1) is 21.4. The quantitative estimate of drug-likeness (QED) is 0.583. The zero-order valence-electron chi connectivity index (χ0n) is 18.2. The van der Waals surface area contributed by atoms with Gasteiger partial charge in [0.15, 0.2) is 17.3 Å². The molecule has 9 heteroatoms. The second-order valence-corrected chi connectivity index (χ2v) is 7.08. The Morgan fingerprint density at radius 2 is 1.91 bits per heavy atom. The van der Waals surface area contributed by atoms with E-state index < -0.39 is 12.0 Å². The molecule has 1 aromatic heterocycles. The van der Waals surface area contributed by atoms with Crippen molar-refractivity contribution in [3.05, 3.63) is 65.1 Å². The molecule has 0 saturated carbocycles. The number of esters is 1. The number of carbonyl (C=O) groups is 1. The smallest absolute Gasteiger partial charge is 0.338 e. The van der Waals surface area contributed by atoms with Crippen LogP contribution in [0.4, 0.5) is 10.3 Å². The third kappa shape index (κ3) is 3.66. The lowest BCUT2D eigenvalue weighted by Crippen LogP contribution is -2.30. The molecule has 8 nitrogen and oxygen atoms in total. The van der Waals surface area contributed by atoms with Gasteiger partial charge in [-0.1, -0.05) is 12.1 Å². The Hall–Kier alpha value is -3.88. The summed E-state index contributed by atoms with van der Waals surface area (Å²) in [5.74, 6) is 0.988. The van der Waals surface area contributed by atoms with Gasteiger partial charge in [0, 0.05) is 16.8 Å². The summed E-state index contributed by atoms with van der Waals surface area (Å²) >= 11 is 0. The number of nitrogens with zero attached hydrogens (tertiary/aromatic N) is 3. The highest BCUT2D eigenvalue weighted by molar-refractivity contribution is 5.92. The SMILES string of the molecule is CCOC(=O)C1=C(C)Nc2nc(-c3ccc(F)cc3)nn2C1c1cccc(OC)c1OC. The van der Waals surface area contributed by atoms with E-state index >= 15 is 0 Å². The third-order valence-corrected chi connectivity index (χ3v) is 5.18. The summed E-state index contributed by atoms with van der Waals surface area (Å²) in [4.78, 5) is 17.5. The first-order chi connectivity index (χ1) is 15.5. The topological polar surface area (TPSA) is 87.5 Å². The molecule has 2 aromatic carbocycles. The van der Waals surface area contributed by atoms with Gasteiger partial charge in [-0.3, -0.25) is 0 Å². The minimum absolute atomic E-state index is 0.225. The number of rotatable bonds is 6. The van der Waals surface area contributed by atoms with Gasteiger partial charge in [0.25, 0.3) is 0 Å². The van der Waals surface area contributed by atoms with E-state index in [1.54, 1.807) is 43.8 Å². The number of para-hydroxylation sites is 1. The van der Waals surface area contributed by atoms with Crippen LogP contribution in [-0.4, -0.2) is 41.6 Å². The molecule has 0 saturated heterocycles. The number of benzene rings is 2. The van der Waals surface area contributed by atoms with Crippen molar-refractivity contribution >= 4 is 11.9 Å². The van der Waals surface area contributed by atoms with Crippen LogP contribution in [0.3, 0.4) is 0 Å². The fourth-order valence-corrected chi connectivity index (χ4v) is 3.76. The number of carbonyl (C=O) groups excluding carboxylic acids is 1. The van der Waals surface area contributed by atoms with Crippen molar-refractivity contribution in [1.82, 2.24) is 14.8 Å². The monoisotopic (exact) mass is 438 g/mol.